The standard InChI is InChI=1S/C70H76N4O6S2.C2H6/c1-3-4-16-45-40-57-61(59-42-47-19-13-32-74-34-15-27-55(64(47)74)68(59)80-66(57)53-25-11-30-72-62(45)53)50-21-6-8-23-52(50)70(76)78-36-38-82-81-37-35-77-69(75)51-22-7-5-20-49(51)60-56-39-44-17-9-28-71-29-10-24-48(43(44)2)65(56)79-67-54-26-14-33-73-31-12-18-46(63(54)73)41-58(60)67;1-2/h5-8,20-23,39-43,71H,3-4,9-19,24-38H2,1-2H3;1-2H3. The van der Waals surface area contributed by atoms with Gasteiger partial charge < -0.3 is 34.1 Å². The summed E-state index contributed by atoms with van der Waals surface area (Å²) in [6.07, 6.45) is 20.1. The first-order valence-corrected chi connectivity index (χ1v) is 34.6. The number of unbranched alkanes of at least 4 members (excludes halogenated alkanes) is 1. The van der Waals surface area contributed by atoms with Crippen LogP contribution in [-0.4, -0.2) is 82.5 Å². The van der Waals surface area contributed by atoms with Gasteiger partial charge in [0.05, 0.1) is 16.5 Å². The first-order chi connectivity index (χ1) is 41.4. The molecule has 10 nitrogen and oxygen atoms in total. The molecule has 1 atom stereocenters. The van der Waals surface area contributed by atoms with E-state index in [0.717, 1.165) is 228 Å². The number of nitrogens with zero attached hydrogens (tertiary/aromatic N) is 3. The molecule has 8 aliphatic heterocycles. The number of carbonyl (C=O) groups is 2. The Morgan fingerprint density at radius 1 is 0.643 bits per heavy atom. The van der Waals surface area contributed by atoms with E-state index in [1.165, 1.54) is 55.9 Å². The summed E-state index contributed by atoms with van der Waals surface area (Å²) in [5.41, 5.74) is 21.9. The van der Waals surface area contributed by atoms with Crippen molar-refractivity contribution in [2.75, 3.05) is 80.3 Å². The summed E-state index contributed by atoms with van der Waals surface area (Å²) in [4.78, 5) is 39.2. The van der Waals surface area contributed by atoms with Crippen LogP contribution < -0.4 is 35.2 Å². The molecular weight excluding hydrogens is 1080 g/mol. The third-order valence-corrected chi connectivity index (χ3v) is 21.1. The van der Waals surface area contributed by atoms with E-state index in [-0.39, 0.29) is 25.2 Å². The molecule has 12 heteroatoms. The number of esters is 2. The van der Waals surface area contributed by atoms with Gasteiger partial charge in [0.15, 0.2) is 0 Å². The van der Waals surface area contributed by atoms with Crippen LogP contribution in [0.15, 0.2) is 100 Å². The second-order valence-corrected chi connectivity index (χ2v) is 26.5. The van der Waals surface area contributed by atoms with E-state index in [4.69, 9.17) is 23.9 Å². The van der Waals surface area contributed by atoms with Crippen molar-refractivity contribution in [2.24, 2.45) is 10.9 Å². The van der Waals surface area contributed by atoms with Gasteiger partial charge in [-0.1, -0.05) is 104 Å². The molecule has 0 aromatic heterocycles. The lowest BCUT2D eigenvalue weighted by Gasteiger charge is -2.41. The fourth-order valence-corrected chi connectivity index (χ4v) is 16.7. The van der Waals surface area contributed by atoms with Gasteiger partial charge >= 0.3 is 11.9 Å². The van der Waals surface area contributed by atoms with Gasteiger partial charge in [0, 0.05) is 111 Å². The molecule has 5 aromatic rings. The second kappa shape index (κ2) is 25.4. The van der Waals surface area contributed by atoms with E-state index in [0.29, 0.717) is 28.6 Å². The van der Waals surface area contributed by atoms with Crippen molar-refractivity contribution >= 4 is 56.0 Å². The molecule has 0 amide bonds. The molecule has 1 fully saturated rings. The molecule has 0 saturated carbocycles. The molecule has 8 heterocycles. The Hall–Kier alpha value is -6.21. The zero-order valence-electron chi connectivity index (χ0n) is 49.9. The molecule has 0 spiro atoms. The highest BCUT2D eigenvalue weighted by Gasteiger charge is 2.40. The number of benzene rings is 5. The number of nitrogens with one attached hydrogen (secondary N) is 1. The Balaban J connectivity index is 0.00000326. The fraction of sp³-hybridized carbons (Fsp3) is 0.458. The normalized spacial score (nSPS) is 19.0. The number of aryl methyl sites for hydroxylation is 3. The molecule has 9 aliphatic rings. The summed E-state index contributed by atoms with van der Waals surface area (Å²) >= 11 is 0. The molecule has 2 bridgehead atoms. The lowest BCUT2D eigenvalue weighted by atomic mass is 9.75. The maximum absolute atomic E-state index is 14.5. The molecule has 0 radical (unpaired) electrons. The van der Waals surface area contributed by atoms with Crippen LogP contribution >= 0.6 is 21.6 Å². The van der Waals surface area contributed by atoms with E-state index in [9.17, 15) is 9.59 Å². The molecule has 1 N–H and O–H groups in total. The summed E-state index contributed by atoms with van der Waals surface area (Å²) in [6.45, 7) is 16.3. The van der Waals surface area contributed by atoms with Gasteiger partial charge in [-0.15, -0.1) is 0 Å². The molecule has 1 aliphatic carbocycles. The molecular formula is C72H82N4O6S2. The number of hydrogen-bond acceptors (Lipinski definition) is 12. The third kappa shape index (κ3) is 10.6. The van der Waals surface area contributed by atoms with Crippen LogP contribution in [-0.2, 0) is 48.0 Å². The van der Waals surface area contributed by atoms with Crippen molar-refractivity contribution in [3.05, 3.63) is 173 Å². The van der Waals surface area contributed by atoms with Gasteiger partial charge in [-0.05, 0) is 180 Å². The fourth-order valence-electron chi connectivity index (χ4n) is 15.1. The minimum absolute atomic E-state index is 0.253. The van der Waals surface area contributed by atoms with Crippen molar-refractivity contribution in [3.8, 4) is 17.2 Å². The average Bonchev–Trinajstić information content (AvgIpc) is 1.25. The largest absolute Gasteiger partial charge is 0.461 e. The Kier molecular flexibility index (Phi) is 17.2. The molecule has 1 saturated heterocycles. The lowest BCUT2D eigenvalue weighted by molar-refractivity contribution is 0.0520. The van der Waals surface area contributed by atoms with Gasteiger partial charge in [-0.2, -0.15) is 0 Å². The van der Waals surface area contributed by atoms with Crippen LogP contribution in [0.1, 0.15) is 175 Å². The number of allylic oxidation sites excluding steroid dienone is 3. The number of hydrogen-bond donors (Lipinski definition) is 1. The quantitative estimate of drug-likeness (QED) is 0.0641. The van der Waals surface area contributed by atoms with E-state index >= 15 is 0 Å². The van der Waals surface area contributed by atoms with E-state index in [1.807, 2.05) is 44.2 Å². The van der Waals surface area contributed by atoms with Crippen molar-refractivity contribution in [2.45, 2.75) is 137 Å². The maximum atomic E-state index is 14.5. The van der Waals surface area contributed by atoms with Gasteiger partial charge in [0.2, 0.25) is 0 Å². The highest BCUT2D eigenvalue weighted by atomic mass is 33.1. The predicted octanol–water partition coefficient (Wildman–Crippen LogP) is 14.0. The average molecular weight is 1160 g/mol. The Morgan fingerprint density at radius 2 is 1.21 bits per heavy atom. The third-order valence-electron chi connectivity index (χ3n) is 18.8. The number of ether oxygens (including phenoxy) is 4. The summed E-state index contributed by atoms with van der Waals surface area (Å²) < 4.78 is 26.9. The van der Waals surface area contributed by atoms with Gasteiger partial charge in [0.1, 0.15) is 36.2 Å². The smallest absolute Gasteiger partial charge is 0.338 e. The summed E-state index contributed by atoms with van der Waals surface area (Å²) in [6, 6.07) is 23.2. The number of rotatable bonds is 14. The lowest BCUT2D eigenvalue weighted by Crippen LogP contribution is -2.36. The van der Waals surface area contributed by atoms with Crippen LogP contribution in [0.5, 0.6) is 17.2 Å². The Bertz CT molecular complexity index is 3650. The number of fused-ring (bicyclic) bond motifs is 10. The Labute approximate surface area is 505 Å². The summed E-state index contributed by atoms with van der Waals surface area (Å²) in [5, 5.41) is 5.84. The van der Waals surface area contributed by atoms with Crippen LogP contribution in [0.3, 0.4) is 0 Å². The highest BCUT2D eigenvalue weighted by molar-refractivity contribution is 8.76. The van der Waals surface area contributed by atoms with Crippen molar-refractivity contribution < 1.29 is 28.5 Å². The molecule has 1 unspecified atom stereocenters. The van der Waals surface area contributed by atoms with E-state index in [1.54, 1.807) is 21.6 Å². The zero-order valence-corrected chi connectivity index (χ0v) is 51.5. The van der Waals surface area contributed by atoms with E-state index < -0.39 is 0 Å². The topological polar surface area (TPSA) is 102 Å². The minimum atomic E-state index is -0.329. The van der Waals surface area contributed by atoms with E-state index in [2.05, 4.69) is 71.4 Å². The maximum Gasteiger partial charge on any atom is 0.338 e. The van der Waals surface area contributed by atoms with Crippen molar-refractivity contribution in [3.63, 3.8) is 0 Å². The SMILES string of the molecule is CC.CCCCc1cc2c(c3c1=NCCC3)Oc1c(cc3c4c1CCCN4CCC3)C=2c1ccccc1C(=O)OCCSSCCOC(=O)c1ccccc1C1=C2C=C3CCCNCCCC(=C2Oc2c1cc1c4c2CCCN4CCC1)C3C. The predicted molar refractivity (Wildman–Crippen MR) is 343 cm³/mol. The van der Waals surface area contributed by atoms with Crippen molar-refractivity contribution in [1.29, 1.82) is 0 Å². The zero-order chi connectivity index (χ0) is 57.3. The first kappa shape index (κ1) is 56.9. The first-order valence-electron chi connectivity index (χ1n) is 32.1. The minimum Gasteiger partial charge on any atom is -0.461 e. The van der Waals surface area contributed by atoms with Gasteiger partial charge in [-0.25, -0.2) is 9.59 Å². The molecule has 14 rings (SSSR count). The molecule has 5 aromatic carbocycles. The summed E-state index contributed by atoms with van der Waals surface area (Å²) in [5.74, 6) is 4.70. The number of anilines is 2. The summed E-state index contributed by atoms with van der Waals surface area (Å²) in [7, 11) is 3.27. The van der Waals surface area contributed by atoms with Crippen LogP contribution in [0, 0.1) is 5.92 Å². The second-order valence-electron chi connectivity index (χ2n) is 23.8. The monoisotopic (exact) mass is 1160 g/mol. The van der Waals surface area contributed by atoms with Crippen LogP contribution in [0.25, 0.3) is 11.1 Å². The van der Waals surface area contributed by atoms with Gasteiger partial charge in [-0.3, -0.25) is 4.99 Å². The van der Waals surface area contributed by atoms with Crippen LogP contribution in [0.4, 0.5) is 11.4 Å². The molecule has 84 heavy (non-hydrogen) atoms. The van der Waals surface area contributed by atoms with Crippen molar-refractivity contribution in [1.82, 2.24) is 5.32 Å². The molecule has 438 valence electrons. The van der Waals surface area contributed by atoms with Crippen LogP contribution in [0.2, 0.25) is 0 Å². The Morgan fingerprint density at radius 3 is 1.86 bits per heavy atom. The highest BCUT2D eigenvalue weighted by Crippen LogP contribution is 2.54. The van der Waals surface area contributed by atoms with Gasteiger partial charge in [0.25, 0.3) is 0 Å². The number of carbonyl (C=O) groups excluding carboxylic acids is 2.